The van der Waals surface area contributed by atoms with E-state index in [-0.39, 0.29) is 22.0 Å². The Kier molecular flexibility index (Phi) is 5.95. The summed E-state index contributed by atoms with van der Waals surface area (Å²) in [6.45, 7) is 1.40. The number of ether oxygens (including phenoxy) is 1. The van der Waals surface area contributed by atoms with Crippen molar-refractivity contribution < 1.29 is 19.2 Å². The Morgan fingerprint density at radius 2 is 1.90 bits per heavy atom. The maximum absolute atomic E-state index is 12.4. The SMILES string of the molecule is CC(OC(=O)c1ccc2nc(Cl)ccc2c1)C(=O)Nc1ccc([N+](=O)[O-])cc1Cl. The number of non-ortho nitro benzene ring substituents is 1. The number of rotatable bonds is 5. The van der Waals surface area contributed by atoms with Crippen LogP contribution >= 0.6 is 23.2 Å². The number of amides is 1. The maximum atomic E-state index is 12.4. The lowest BCUT2D eigenvalue weighted by Crippen LogP contribution is -2.30. The fraction of sp³-hybridized carbons (Fsp3) is 0.105. The number of aromatic nitrogens is 1. The summed E-state index contributed by atoms with van der Waals surface area (Å²) >= 11 is 11.8. The van der Waals surface area contributed by atoms with Gasteiger partial charge in [0.15, 0.2) is 6.10 Å². The Balaban J connectivity index is 1.68. The van der Waals surface area contributed by atoms with Crippen molar-refractivity contribution >= 4 is 57.4 Å². The number of nitrogens with one attached hydrogen (secondary N) is 1. The molecule has 0 aliphatic rings. The summed E-state index contributed by atoms with van der Waals surface area (Å²) in [7, 11) is 0. The monoisotopic (exact) mass is 433 g/mol. The smallest absolute Gasteiger partial charge is 0.338 e. The number of hydrogen-bond acceptors (Lipinski definition) is 6. The van der Waals surface area contributed by atoms with Gasteiger partial charge >= 0.3 is 5.97 Å². The molecule has 3 rings (SSSR count). The Labute approximate surface area is 174 Å². The number of anilines is 1. The molecule has 0 spiro atoms. The van der Waals surface area contributed by atoms with Crippen molar-refractivity contribution in [1.29, 1.82) is 0 Å². The van der Waals surface area contributed by atoms with Crippen LogP contribution < -0.4 is 5.32 Å². The van der Waals surface area contributed by atoms with E-state index < -0.39 is 22.9 Å². The second-order valence-corrected chi connectivity index (χ2v) is 6.79. The third-order valence-corrected chi connectivity index (χ3v) is 4.49. The zero-order valence-electron chi connectivity index (χ0n) is 14.9. The molecule has 1 unspecified atom stereocenters. The number of nitro groups is 1. The van der Waals surface area contributed by atoms with Gasteiger partial charge in [-0.2, -0.15) is 0 Å². The van der Waals surface area contributed by atoms with E-state index in [0.717, 1.165) is 6.07 Å². The van der Waals surface area contributed by atoms with Gasteiger partial charge in [0.2, 0.25) is 0 Å². The number of carbonyl (C=O) groups is 2. The second-order valence-electron chi connectivity index (χ2n) is 6.00. The van der Waals surface area contributed by atoms with E-state index in [9.17, 15) is 19.7 Å². The first-order valence-corrected chi connectivity index (χ1v) is 9.02. The largest absolute Gasteiger partial charge is 0.449 e. The lowest BCUT2D eigenvalue weighted by atomic mass is 10.1. The fourth-order valence-electron chi connectivity index (χ4n) is 2.46. The van der Waals surface area contributed by atoms with Gasteiger partial charge < -0.3 is 10.1 Å². The van der Waals surface area contributed by atoms with Gasteiger partial charge in [-0.05, 0) is 43.3 Å². The molecule has 0 saturated carbocycles. The number of pyridine rings is 1. The van der Waals surface area contributed by atoms with Crippen LogP contribution in [0.25, 0.3) is 10.9 Å². The highest BCUT2D eigenvalue weighted by atomic mass is 35.5. The maximum Gasteiger partial charge on any atom is 0.338 e. The lowest BCUT2D eigenvalue weighted by molar-refractivity contribution is -0.384. The number of esters is 1. The van der Waals surface area contributed by atoms with E-state index >= 15 is 0 Å². The highest BCUT2D eigenvalue weighted by Gasteiger charge is 2.21. The molecule has 1 heterocycles. The Morgan fingerprint density at radius 3 is 2.59 bits per heavy atom. The predicted octanol–water partition coefficient (Wildman–Crippen LogP) is 4.63. The summed E-state index contributed by atoms with van der Waals surface area (Å²) in [5.74, 6) is -1.33. The van der Waals surface area contributed by atoms with Crippen LogP contribution in [0.3, 0.4) is 0 Å². The fourth-order valence-corrected chi connectivity index (χ4v) is 2.84. The van der Waals surface area contributed by atoms with Gasteiger partial charge in [-0.15, -0.1) is 0 Å². The zero-order chi connectivity index (χ0) is 21.1. The van der Waals surface area contributed by atoms with Gasteiger partial charge in [0.25, 0.3) is 11.6 Å². The van der Waals surface area contributed by atoms with Gasteiger partial charge in [-0.25, -0.2) is 9.78 Å². The average Bonchev–Trinajstić information content (AvgIpc) is 2.68. The molecule has 0 saturated heterocycles. The van der Waals surface area contributed by atoms with Crippen LogP contribution in [0.2, 0.25) is 10.2 Å². The van der Waals surface area contributed by atoms with E-state index in [0.29, 0.717) is 16.1 Å². The van der Waals surface area contributed by atoms with E-state index in [2.05, 4.69) is 10.3 Å². The first-order chi connectivity index (χ1) is 13.7. The molecule has 148 valence electrons. The molecule has 1 atom stereocenters. The number of nitrogens with zero attached hydrogens (tertiary/aromatic N) is 2. The van der Waals surface area contributed by atoms with Crippen molar-refractivity contribution in [2.24, 2.45) is 0 Å². The molecule has 1 aromatic heterocycles. The minimum atomic E-state index is -1.13. The van der Waals surface area contributed by atoms with Crippen LogP contribution in [0.5, 0.6) is 0 Å². The number of carbonyl (C=O) groups excluding carboxylic acids is 2. The standard InChI is InChI=1S/C19H13Cl2N3O5/c1-10(18(25)23-16-6-4-13(24(27)28)9-14(16)20)29-19(26)12-2-5-15-11(8-12)3-7-17(21)22-15/h2-10H,1H3,(H,23,25). The van der Waals surface area contributed by atoms with Gasteiger partial charge in [0.1, 0.15) is 5.15 Å². The summed E-state index contributed by atoms with van der Waals surface area (Å²) in [5.41, 5.74) is 0.820. The molecule has 10 heteroatoms. The molecular weight excluding hydrogens is 421 g/mol. The van der Waals surface area contributed by atoms with Gasteiger partial charge in [0.05, 0.1) is 26.7 Å². The van der Waals surface area contributed by atoms with Crippen molar-refractivity contribution in [3.05, 3.63) is 74.4 Å². The Morgan fingerprint density at radius 1 is 1.14 bits per heavy atom. The molecule has 2 aromatic carbocycles. The van der Waals surface area contributed by atoms with Crippen molar-refractivity contribution in [1.82, 2.24) is 4.98 Å². The Bertz CT molecular complexity index is 1140. The number of halogens is 2. The molecule has 3 aromatic rings. The van der Waals surface area contributed by atoms with Gasteiger partial charge in [-0.3, -0.25) is 14.9 Å². The van der Waals surface area contributed by atoms with Crippen LogP contribution in [-0.4, -0.2) is 27.9 Å². The molecular formula is C19H13Cl2N3O5. The highest BCUT2D eigenvalue weighted by molar-refractivity contribution is 6.34. The van der Waals surface area contributed by atoms with Crippen LogP contribution in [0.4, 0.5) is 11.4 Å². The minimum Gasteiger partial charge on any atom is -0.449 e. The van der Waals surface area contributed by atoms with Crippen molar-refractivity contribution in [3.63, 3.8) is 0 Å². The van der Waals surface area contributed by atoms with E-state index in [1.54, 1.807) is 24.3 Å². The first kappa shape index (κ1) is 20.5. The summed E-state index contributed by atoms with van der Waals surface area (Å²) in [5, 5.41) is 14.2. The van der Waals surface area contributed by atoms with E-state index in [1.165, 1.54) is 25.1 Å². The highest BCUT2D eigenvalue weighted by Crippen LogP contribution is 2.27. The predicted molar refractivity (Wildman–Crippen MR) is 108 cm³/mol. The summed E-state index contributed by atoms with van der Waals surface area (Å²) in [6, 6.07) is 11.7. The minimum absolute atomic E-state index is 0.00762. The molecule has 0 bridgehead atoms. The third-order valence-electron chi connectivity index (χ3n) is 3.97. The second kappa shape index (κ2) is 8.42. The molecule has 0 aliphatic carbocycles. The normalized spacial score (nSPS) is 11.7. The number of benzene rings is 2. The van der Waals surface area contributed by atoms with Crippen LogP contribution in [0, 0.1) is 10.1 Å². The number of nitro benzene ring substituents is 1. The average molecular weight is 434 g/mol. The quantitative estimate of drug-likeness (QED) is 0.271. The molecule has 0 radical (unpaired) electrons. The summed E-state index contributed by atoms with van der Waals surface area (Å²) in [6.07, 6.45) is -1.13. The van der Waals surface area contributed by atoms with Crippen LogP contribution in [-0.2, 0) is 9.53 Å². The third kappa shape index (κ3) is 4.79. The summed E-state index contributed by atoms with van der Waals surface area (Å²) < 4.78 is 5.20. The van der Waals surface area contributed by atoms with Crippen LogP contribution in [0.15, 0.2) is 48.5 Å². The topological polar surface area (TPSA) is 111 Å². The first-order valence-electron chi connectivity index (χ1n) is 8.26. The van der Waals surface area contributed by atoms with Gasteiger partial charge in [-0.1, -0.05) is 23.2 Å². The van der Waals surface area contributed by atoms with Crippen LogP contribution in [0.1, 0.15) is 17.3 Å². The Hall–Kier alpha value is -3.23. The van der Waals surface area contributed by atoms with E-state index in [1.807, 2.05) is 0 Å². The number of hydrogen-bond donors (Lipinski definition) is 1. The molecule has 0 fully saturated rings. The van der Waals surface area contributed by atoms with E-state index in [4.69, 9.17) is 27.9 Å². The molecule has 1 N–H and O–H groups in total. The van der Waals surface area contributed by atoms with Gasteiger partial charge in [0, 0.05) is 17.5 Å². The van der Waals surface area contributed by atoms with Crippen molar-refractivity contribution in [3.8, 4) is 0 Å². The van der Waals surface area contributed by atoms with Crippen molar-refractivity contribution in [2.75, 3.05) is 5.32 Å². The van der Waals surface area contributed by atoms with Crippen molar-refractivity contribution in [2.45, 2.75) is 13.0 Å². The zero-order valence-corrected chi connectivity index (χ0v) is 16.4. The molecule has 0 aliphatic heterocycles. The molecule has 1 amide bonds. The number of fused-ring (bicyclic) bond motifs is 1. The summed E-state index contributed by atoms with van der Waals surface area (Å²) in [4.78, 5) is 38.9. The lowest BCUT2D eigenvalue weighted by Gasteiger charge is -2.14. The molecule has 29 heavy (non-hydrogen) atoms. The molecule has 8 nitrogen and oxygen atoms in total.